The second-order valence-electron chi connectivity index (χ2n) is 6.31. The summed E-state index contributed by atoms with van der Waals surface area (Å²) in [5.41, 5.74) is 2.02. The quantitative estimate of drug-likeness (QED) is 0.769. The van der Waals surface area contributed by atoms with Crippen LogP contribution in [-0.2, 0) is 31.8 Å². The van der Waals surface area contributed by atoms with Crippen LogP contribution in [0.1, 0.15) is 35.6 Å². The molecule has 0 saturated heterocycles. The van der Waals surface area contributed by atoms with E-state index in [0.29, 0.717) is 6.42 Å². The average molecular weight is 360 g/mol. The van der Waals surface area contributed by atoms with Crippen LogP contribution in [0, 0.1) is 0 Å². The van der Waals surface area contributed by atoms with E-state index in [0.717, 1.165) is 15.0 Å². The third-order valence-corrected chi connectivity index (χ3v) is 12.3. The Balaban J connectivity index is 2.26. The van der Waals surface area contributed by atoms with Crippen LogP contribution in [0.3, 0.4) is 0 Å². The van der Waals surface area contributed by atoms with Crippen LogP contribution >= 0.6 is 0 Å². The van der Waals surface area contributed by atoms with Crippen molar-refractivity contribution in [1.29, 1.82) is 0 Å². The summed E-state index contributed by atoms with van der Waals surface area (Å²) < 4.78 is 12.3. The van der Waals surface area contributed by atoms with Gasteiger partial charge in [-0.2, -0.15) is 0 Å². The number of rotatable bonds is 4. The van der Waals surface area contributed by atoms with E-state index in [-0.39, 0.29) is 4.22 Å². The molecule has 0 bridgehead atoms. The standard InChI is InChI=1S/C9H7.C5H5.2C2H4O2.CH2.Ti/c1-2-5-9-7-3-6-8(9)4-1;1-2-4-5-3-1;2*1-2(3)4;;/h1-7H;1-3H,4H2;2*1H3,(H,3,4);1H2;/q;;;;;+2/p-2. The molecule has 2 aliphatic carbocycles. The number of hydrogen-bond donors (Lipinski definition) is 0. The van der Waals surface area contributed by atoms with Crippen LogP contribution in [0.5, 0.6) is 0 Å². The number of allylic oxidation sites excluding steroid dienone is 5. The maximum absolute atomic E-state index is 12.0. The Bertz CT molecular complexity index is 853. The minimum atomic E-state index is -4.93. The topological polar surface area (TPSA) is 52.6 Å². The van der Waals surface area contributed by atoms with Gasteiger partial charge in [-0.25, -0.2) is 0 Å². The number of benzene rings is 1. The number of fused-ring (bicyclic) bond motifs is 1. The van der Waals surface area contributed by atoms with E-state index < -0.39 is 27.6 Å². The molecule has 5 heteroatoms. The summed E-state index contributed by atoms with van der Waals surface area (Å²) in [5.74, 6) is -0.956. The molecule has 1 atom stereocenters. The molecule has 0 aliphatic heterocycles. The zero-order valence-electron chi connectivity index (χ0n) is 13.8. The number of carbonyl (C=O) groups excluding carboxylic acids is 2. The van der Waals surface area contributed by atoms with E-state index in [2.05, 4.69) is 4.82 Å². The second-order valence-corrected chi connectivity index (χ2v) is 13.1. The summed E-state index contributed by atoms with van der Waals surface area (Å²) in [6.07, 6.45) is 10.2. The van der Waals surface area contributed by atoms with Gasteiger partial charge < -0.3 is 0 Å². The van der Waals surface area contributed by atoms with Crippen molar-refractivity contribution >= 4 is 22.8 Å². The van der Waals surface area contributed by atoms with Crippen LogP contribution < -0.4 is 0 Å². The average Bonchev–Trinajstić information content (AvgIpc) is 3.16. The Labute approximate surface area is 142 Å². The monoisotopic (exact) mass is 360 g/mol. The fraction of sp³-hybridized carbons (Fsp3) is 0.211. The van der Waals surface area contributed by atoms with Gasteiger partial charge in [-0.3, -0.25) is 0 Å². The van der Waals surface area contributed by atoms with Gasteiger partial charge in [0.15, 0.2) is 0 Å². The third-order valence-electron chi connectivity index (χ3n) is 4.61. The van der Waals surface area contributed by atoms with E-state index >= 15 is 0 Å². The Morgan fingerprint density at radius 2 is 1.83 bits per heavy atom. The molecule has 0 N–H and O–H groups in total. The molecule has 0 heterocycles. The summed E-state index contributed by atoms with van der Waals surface area (Å²) in [5, 5.41) is 0. The molecule has 4 nitrogen and oxygen atoms in total. The van der Waals surface area contributed by atoms with Crippen LogP contribution in [0.4, 0.5) is 0 Å². The Kier molecular flexibility index (Phi) is 4.06. The van der Waals surface area contributed by atoms with Crippen LogP contribution in [0.15, 0.2) is 52.4 Å². The van der Waals surface area contributed by atoms with Gasteiger partial charge in [0.1, 0.15) is 0 Å². The first-order valence-electron chi connectivity index (χ1n) is 7.91. The Morgan fingerprint density at radius 1 is 1.17 bits per heavy atom. The van der Waals surface area contributed by atoms with E-state index in [1.54, 1.807) is 0 Å². The van der Waals surface area contributed by atoms with Crippen molar-refractivity contribution in [1.82, 2.24) is 0 Å². The molecule has 0 aromatic heterocycles. The predicted molar refractivity (Wildman–Crippen MR) is 90.7 cm³/mol. The Hall–Kier alpha value is -2.04. The first kappa shape index (κ1) is 16.8. The van der Waals surface area contributed by atoms with Crippen molar-refractivity contribution in [3.63, 3.8) is 0 Å². The molecule has 24 heavy (non-hydrogen) atoms. The summed E-state index contributed by atoms with van der Waals surface area (Å²) >= 11 is -4.93. The molecule has 1 aromatic carbocycles. The van der Waals surface area contributed by atoms with Gasteiger partial charge in [0.05, 0.1) is 0 Å². The van der Waals surface area contributed by atoms with E-state index in [4.69, 9.17) is 6.64 Å². The first-order chi connectivity index (χ1) is 11.3. The van der Waals surface area contributed by atoms with Crippen molar-refractivity contribution in [2.24, 2.45) is 0 Å². The molecule has 0 spiro atoms. The molecule has 124 valence electrons. The van der Waals surface area contributed by atoms with Gasteiger partial charge in [0.25, 0.3) is 0 Å². The molecule has 0 amide bonds. The van der Waals surface area contributed by atoms with Gasteiger partial charge in [-0.15, -0.1) is 0 Å². The molecule has 0 fully saturated rings. The normalized spacial score (nSPS) is 19.0. The fourth-order valence-electron chi connectivity index (χ4n) is 3.70. The zero-order valence-corrected chi connectivity index (χ0v) is 15.4. The zero-order chi connectivity index (χ0) is 17.4. The van der Waals surface area contributed by atoms with E-state index in [1.807, 2.05) is 54.6 Å². The van der Waals surface area contributed by atoms with Crippen molar-refractivity contribution in [2.45, 2.75) is 24.5 Å². The van der Waals surface area contributed by atoms with Crippen molar-refractivity contribution < 1.29 is 31.8 Å². The molecular weight excluding hydrogens is 340 g/mol. The molecule has 0 radical (unpaired) electrons. The van der Waals surface area contributed by atoms with Crippen molar-refractivity contribution in [3.05, 3.63) is 63.6 Å². The third kappa shape index (κ3) is 2.56. The van der Waals surface area contributed by atoms with Gasteiger partial charge in [-0.05, 0) is 0 Å². The van der Waals surface area contributed by atoms with Gasteiger partial charge >= 0.3 is 143 Å². The van der Waals surface area contributed by atoms with Gasteiger partial charge in [0, 0.05) is 0 Å². The molecule has 3 rings (SSSR count). The summed E-state index contributed by atoms with van der Waals surface area (Å²) in [4.78, 5) is 28.4. The van der Waals surface area contributed by atoms with Crippen LogP contribution in [0.25, 0.3) is 6.08 Å². The predicted octanol–water partition coefficient (Wildman–Crippen LogP) is 3.68. The van der Waals surface area contributed by atoms with Gasteiger partial charge in [0.2, 0.25) is 0 Å². The van der Waals surface area contributed by atoms with Crippen molar-refractivity contribution in [2.75, 3.05) is 0 Å². The SMILES string of the molecule is [CH2]=[Ti]([O]C(C)=O)([O]C(C)=O)([C]1=CC=CC1)[CH]1C=Cc2ccccc21. The minimum absolute atomic E-state index is 0.336. The Morgan fingerprint density at radius 3 is 2.42 bits per heavy atom. The van der Waals surface area contributed by atoms with Crippen LogP contribution in [0.2, 0.25) is 0 Å². The first-order valence-corrected chi connectivity index (χ1v) is 12.0. The van der Waals surface area contributed by atoms with Gasteiger partial charge in [-0.1, -0.05) is 0 Å². The summed E-state index contributed by atoms with van der Waals surface area (Å²) in [6, 6.07) is 7.85. The molecule has 1 aromatic rings. The molecular formula is C19H20O4Ti. The van der Waals surface area contributed by atoms with Crippen LogP contribution in [-0.4, -0.2) is 16.8 Å². The maximum atomic E-state index is 12.0. The van der Waals surface area contributed by atoms with E-state index in [1.165, 1.54) is 13.8 Å². The summed E-state index contributed by atoms with van der Waals surface area (Å²) in [6.45, 7) is 2.68. The molecule has 2 aliphatic rings. The number of hydrogen-bond acceptors (Lipinski definition) is 4. The second kappa shape index (κ2) is 5.80. The summed E-state index contributed by atoms with van der Waals surface area (Å²) in [7, 11) is 0. The van der Waals surface area contributed by atoms with E-state index in [9.17, 15) is 9.59 Å². The molecule has 0 saturated carbocycles. The van der Waals surface area contributed by atoms with Crippen molar-refractivity contribution in [3.8, 4) is 0 Å². The molecule has 1 unspecified atom stereocenters. The number of carbonyl (C=O) groups is 2. The fourth-order valence-corrected chi connectivity index (χ4v) is 10.9.